The minimum Gasteiger partial charge on any atom is -0.469 e. The Labute approximate surface area is 97.8 Å². The second kappa shape index (κ2) is 5.02. The van der Waals surface area contributed by atoms with E-state index in [-0.39, 0.29) is 0 Å². The summed E-state index contributed by atoms with van der Waals surface area (Å²) in [7, 11) is 2.22. The molecule has 0 saturated carbocycles. The molecule has 0 aliphatic carbocycles. The molecule has 2 heterocycles. The molecule has 1 aliphatic heterocycles. The predicted molar refractivity (Wildman–Crippen MR) is 65.4 cm³/mol. The number of likely N-dealkylation sites (N-methyl/N-ethyl adjacent to an activating group) is 1. The van der Waals surface area contributed by atoms with Gasteiger partial charge in [0.1, 0.15) is 5.76 Å². The van der Waals surface area contributed by atoms with Gasteiger partial charge in [-0.3, -0.25) is 4.90 Å². The summed E-state index contributed by atoms with van der Waals surface area (Å²) >= 11 is 0. The molecule has 1 aromatic heterocycles. The summed E-state index contributed by atoms with van der Waals surface area (Å²) in [5.41, 5.74) is 1.31. The van der Waals surface area contributed by atoms with E-state index in [1.165, 1.54) is 12.0 Å². The maximum atomic E-state index is 5.34. The van der Waals surface area contributed by atoms with Crippen LogP contribution in [0.15, 0.2) is 16.7 Å². The Bertz CT molecular complexity index is 334. The Morgan fingerprint density at radius 2 is 2.31 bits per heavy atom. The molecule has 3 heteroatoms. The molecule has 0 amide bonds. The standard InChI is InChI=1S/C13H22N2O/c1-4-11-7-14-8-13(11)15(3)9-12-5-6-16-10(12)2/h5-6,11,13-14H,4,7-9H2,1-3H3. The van der Waals surface area contributed by atoms with Crippen LogP contribution in [0.1, 0.15) is 24.7 Å². The first-order valence-electron chi connectivity index (χ1n) is 6.16. The number of furan rings is 1. The number of nitrogens with zero attached hydrogens (tertiary/aromatic N) is 1. The fourth-order valence-corrected chi connectivity index (χ4v) is 2.61. The molecule has 1 N–H and O–H groups in total. The normalized spacial score (nSPS) is 25.5. The molecule has 1 aromatic rings. The molecule has 0 radical (unpaired) electrons. The fraction of sp³-hybridized carbons (Fsp3) is 0.692. The molecule has 1 aliphatic rings. The molecule has 16 heavy (non-hydrogen) atoms. The SMILES string of the molecule is CCC1CNCC1N(C)Cc1ccoc1C. The zero-order valence-electron chi connectivity index (χ0n) is 10.5. The van der Waals surface area contributed by atoms with Crippen molar-refractivity contribution < 1.29 is 4.42 Å². The summed E-state index contributed by atoms with van der Waals surface area (Å²) in [6, 6.07) is 2.74. The minimum absolute atomic E-state index is 0.666. The Morgan fingerprint density at radius 3 is 2.94 bits per heavy atom. The molecule has 2 unspecified atom stereocenters. The highest BCUT2D eigenvalue weighted by Gasteiger charge is 2.28. The number of rotatable bonds is 4. The zero-order chi connectivity index (χ0) is 11.5. The monoisotopic (exact) mass is 222 g/mol. The third-order valence-corrected chi connectivity index (χ3v) is 3.78. The molecule has 0 aromatic carbocycles. The van der Waals surface area contributed by atoms with Crippen molar-refractivity contribution in [2.75, 3.05) is 20.1 Å². The van der Waals surface area contributed by atoms with Crippen molar-refractivity contribution in [1.29, 1.82) is 0 Å². The van der Waals surface area contributed by atoms with Gasteiger partial charge in [-0.25, -0.2) is 0 Å². The van der Waals surface area contributed by atoms with E-state index in [2.05, 4.69) is 30.3 Å². The summed E-state index contributed by atoms with van der Waals surface area (Å²) in [5.74, 6) is 1.84. The molecule has 2 rings (SSSR count). The van der Waals surface area contributed by atoms with Crippen molar-refractivity contribution >= 4 is 0 Å². The minimum atomic E-state index is 0.666. The lowest BCUT2D eigenvalue weighted by atomic mass is 9.99. The summed E-state index contributed by atoms with van der Waals surface area (Å²) in [5, 5.41) is 3.48. The van der Waals surface area contributed by atoms with Crippen LogP contribution >= 0.6 is 0 Å². The summed E-state index contributed by atoms with van der Waals surface area (Å²) in [4.78, 5) is 2.45. The van der Waals surface area contributed by atoms with Crippen LogP contribution in [0, 0.1) is 12.8 Å². The van der Waals surface area contributed by atoms with Gasteiger partial charge in [0.15, 0.2) is 0 Å². The van der Waals surface area contributed by atoms with Gasteiger partial charge in [0.2, 0.25) is 0 Å². The van der Waals surface area contributed by atoms with Crippen LogP contribution in [0.25, 0.3) is 0 Å². The lowest BCUT2D eigenvalue weighted by molar-refractivity contribution is 0.200. The number of nitrogens with one attached hydrogen (secondary N) is 1. The van der Waals surface area contributed by atoms with Crippen LogP contribution in [0.3, 0.4) is 0 Å². The first-order valence-corrected chi connectivity index (χ1v) is 6.16. The Hall–Kier alpha value is -0.800. The summed E-state index contributed by atoms with van der Waals surface area (Å²) < 4.78 is 5.34. The van der Waals surface area contributed by atoms with Crippen molar-refractivity contribution in [3.05, 3.63) is 23.7 Å². The molecular weight excluding hydrogens is 200 g/mol. The quantitative estimate of drug-likeness (QED) is 0.845. The van der Waals surface area contributed by atoms with Crippen molar-refractivity contribution in [2.24, 2.45) is 5.92 Å². The van der Waals surface area contributed by atoms with Crippen molar-refractivity contribution in [1.82, 2.24) is 10.2 Å². The fourth-order valence-electron chi connectivity index (χ4n) is 2.61. The van der Waals surface area contributed by atoms with E-state index >= 15 is 0 Å². The van der Waals surface area contributed by atoms with E-state index in [4.69, 9.17) is 4.42 Å². The number of hydrogen-bond donors (Lipinski definition) is 1. The highest BCUT2D eigenvalue weighted by Crippen LogP contribution is 2.20. The van der Waals surface area contributed by atoms with E-state index in [0.29, 0.717) is 6.04 Å². The second-order valence-corrected chi connectivity index (χ2v) is 4.81. The van der Waals surface area contributed by atoms with E-state index in [0.717, 1.165) is 31.3 Å². The molecule has 3 nitrogen and oxygen atoms in total. The van der Waals surface area contributed by atoms with Crippen LogP contribution in [0.5, 0.6) is 0 Å². The summed E-state index contributed by atoms with van der Waals surface area (Å²) in [6.45, 7) is 7.59. The Balaban J connectivity index is 1.97. The molecule has 0 bridgehead atoms. The lowest BCUT2D eigenvalue weighted by Crippen LogP contribution is -2.37. The van der Waals surface area contributed by atoms with E-state index in [1.54, 1.807) is 6.26 Å². The smallest absolute Gasteiger partial charge is 0.105 e. The van der Waals surface area contributed by atoms with Crippen molar-refractivity contribution in [3.8, 4) is 0 Å². The Morgan fingerprint density at radius 1 is 1.50 bits per heavy atom. The third kappa shape index (κ3) is 2.30. The van der Waals surface area contributed by atoms with Gasteiger partial charge < -0.3 is 9.73 Å². The second-order valence-electron chi connectivity index (χ2n) is 4.81. The van der Waals surface area contributed by atoms with Gasteiger partial charge in [0, 0.05) is 24.7 Å². The molecular formula is C13H22N2O. The topological polar surface area (TPSA) is 28.4 Å². The summed E-state index contributed by atoms with van der Waals surface area (Å²) in [6.07, 6.45) is 3.04. The molecule has 0 spiro atoms. The Kier molecular flexibility index (Phi) is 3.66. The third-order valence-electron chi connectivity index (χ3n) is 3.78. The zero-order valence-corrected chi connectivity index (χ0v) is 10.5. The lowest BCUT2D eigenvalue weighted by Gasteiger charge is -2.28. The largest absolute Gasteiger partial charge is 0.469 e. The van der Waals surface area contributed by atoms with Gasteiger partial charge in [-0.15, -0.1) is 0 Å². The number of aryl methyl sites for hydroxylation is 1. The maximum Gasteiger partial charge on any atom is 0.105 e. The van der Waals surface area contributed by atoms with Crippen LogP contribution < -0.4 is 5.32 Å². The molecule has 1 fully saturated rings. The van der Waals surface area contributed by atoms with Gasteiger partial charge in [-0.05, 0) is 32.5 Å². The highest BCUT2D eigenvalue weighted by atomic mass is 16.3. The van der Waals surface area contributed by atoms with Crippen molar-refractivity contribution in [2.45, 2.75) is 32.9 Å². The highest BCUT2D eigenvalue weighted by molar-refractivity contribution is 5.15. The van der Waals surface area contributed by atoms with Crippen LogP contribution in [0.2, 0.25) is 0 Å². The van der Waals surface area contributed by atoms with E-state index < -0.39 is 0 Å². The predicted octanol–water partition coefficient (Wildman–Crippen LogP) is 2.02. The molecule has 2 atom stereocenters. The van der Waals surface area contributed by atoms with E-state index in [1.807, 2.05) is 6.92 Å². The van der Waals surface area contributed by atoms with E-state index in [9.17, 15) is 0 Å². The maximum absolute atomic E-state index is 5.34. The van der Waals surface area contributed by atoms with Gasteiger partial charge in [-0.2, -0.15) is 0 Å². The van der Waals surface area contributed by atoms with Gasteiger partial charge in [0.05, 0.1) is 6.26 Å². The van der Waals surface area contributed by atoms with Gasteiger partial charge in [0.25, 0.3) is 0 Å². The van der Waals surface area contributed by atoms with Gasteiger partial charge in [-0.1, -0.05) is 13.3 Å². The van der Waals surface area contributed by atoms with Crippen LogP contribution in [-0.2, 0) is 6.54 Å². The molecule has 1 saturated heterocycles. The average molecular weight is 222 g/mol. The van der Waals surface area contributed by atoms with Gasteiger partial charge >= 0.3 is 0 Å². The number of hydrogen-bond acceptors (Lipinski definition) is 3. The van der Waals surface area contributed by atoms with Crippen LogP contribution in [0.4, 0.5) is 0 Å². The van der Waals surface area contributed by atoms with Crippen molar-refractivity contribution in [3.63, 3.8) is 0 Å². The van der Waals surface area contributed by atoms with Crippen LogP contribution in [-0.4, -0.2) is 31.1 Å². The first-order chi connectivity index (χ1) is 7.72. The molecule has 90 valence electrons. The average Bonchev–Trinajstić information content (AvgIpc) is 2.87. The first kappa shape index (κ1) is 11.7.